The summed E-state index contributed by atoms with van der Waals surface area (Å²) < 4.78 is 21.4. The Morgan fingerprint density at radius 1 is 1.05 bits per heavy atom. The van der Waals surface area contributed by atoms with Crippen LogP contribution in [0.1, 0.15) is 0 Å². The second-order valence-electron chi connectivity index (χ2n) is 4.02. The van der Waals surface area contributed by atoms with Crippen molar-refractivity contribution in [1.82, 2.24) is 0 Å². The lowest BCUT2D eigenvalue weighted by Crippen LogP contribution is -1.94. The van der Waals surface area contributed by atoms with Gasteiger partial charge in [-0.05, 0) is 35.9 Å². The Balaban J connectivity index is 2.10. The highest BCUT2D eigenvalue weighted by Gasteiger charge is 2.19. The van der Waals surface area contributed by atoms with Gasteiger partial charge in [-0.1, -0.05) is 6.07 Å². The minimum Gasteiger partial charge on any atom is -0.493 e. The average Bonchev–Trinajstić information content (AvgIpc) is 2.94. The molecule has 1 aliphatic rings. The van der Waals surface area contributed by atoms with Gasteiger partial charge in [0, 0.05) is 5.56 Å². The zero-order valence-electron chi connectivity index (χ0n) is 10.7. The molecule has 2 aromatic rings. The highest BCUT2D eigenvalue weighted by molar-refractivity contribution is 5.75. The van der Waals surface area contributed by atoms with E-state index in [1.807, 2.05) is 30.3 Å². The Morgan fingerprint density at radius 2 is 1.89 bits per heavy atom. The van der Waals surface area contributed by atoms with Gasteiger partial charge in [0.15, 0.2) is 23.0 Å². The van der Waals surface area contributed by atoms with Crippen molar-refractivity contribution in [3.05, 3.63) is 36.4 Å². The minimum absolute atomic E-state index is 0.244. The molecule has 3 rings (SSSR count). The molecule has 1 aliphatic heterocycles. The normalized spacial score (nSPS) is 12.3. The lowest BCUT2D eigenvalue weighted by Gasteiger charge is -2.10. The summed E-state index contributed by atoms with van der Waals surface area (Å²) in [6.07, 6.45) is 0. The van der Waals surface area contributed by atoms with E-state index in [2.05, 4.69) is 6.07 Å². The van der Waals surface area contributed by atoms with Gasteiger partial charge in [-0.2, -0.15) is 0 Å². The summed E-state index contributed by atoms with van der Waals surface area (Å²) in [6.45, 7) is 0.244. The van der Waals surface area contributed by atoms with Gasteiger partial charge in [-0.15, -0.1) is 0 Å². The number of benzene rings is 2. The van der Waals surface area contributed by atoms with E-state index in [0.29, 0.717) is 11.5 Å². The van der Waals surface area contributed by atoms with Crippen molar-refractivity contribution in [3.63, 3.8) is 0 Å². The van der Waals surface area contributed by atoms with Gasteiger partial charge in [0.2, 0.25) is 6.79 Å². The maximum atomic E-state index is 5.49. The van der Waals surface area contributed by atoms with Gasteiger partial charge in [0.05, 0.1) is 14.2 Å². The monoisotopic (exact) mass is 257 g/mol. The first kappa shape index (κ1) is 11.7. The van der Waals surface area contributed by atoms with Crippen LogP contribution in [0.15, 0.2) is 30.3 Å². The van der Waals surface area contributed by atoms with Crippen molar-refractivity contribution in [2.45, 2.75) is 0 Å². The van der Waals surface area contributed by atoms with Crippen molar-refractivity contribution >= 4 is 0 Å². The minimum atomic E-state index is 0.244. The van der Waals surface area contributed by atoms with E-state index >= 15 is 0 Å². The molecule has 0 amide bonds. The fourth-order valence-electron chi connectivity index (χ4n) is 2.08. The Morgan fingerprint density at radius 3 is 2.68 bits per heavy atom. The van der Waals surface area contributed by atoms with Gasteiger partial charge in [0.1, 0.15) is 0 Å². The summed E-state index contributed by atoms with van der Waals surface area (Å²) in [5, 5.41) is 0. The Labute approximate surface area is 111 Å². The summed E-state index contributed by atoms with van der Waals surface area (Å²) in [6, 6.07) is 12.5. The summed E-state index contributed by atoms with van der Waals surface area (Å²) in [5.41, 5.74) is 1.80. The first-order valence-corrected chi connectivity index (χ1v) is 5.86. The maximum absolute atomic E-state index is 5.49. The predicted molar refractivity (Wildman–Crippen MR) is 69.9 cm³/mol. The lowest BCUT2D eigenvalue weighted by molar-refractivity contribution is 0.174. The highest BCUT2D eigenvalue weighted by Crippen LogP contribution is 2.42. The maximum Gasteiger partial charge on any atom is 0.231 e. The number of methoxy groups -OCH3 is 2. The van der Waals surface area contributed by atoms with E-state index in [1.165, 1.54) is 0 Å². The molecule has 0 saturated heterocycles. The summed E-state index contributed by atoms with van der Waals surface area (Å²) in [7, 11) is 3.22. The van der Waals surface area contributed by atoms with Crippen molar-refractivity contribution in [3.8, 4) is 34.1 Å². The van der Waals surface area contributed by atoms with Crippen LogP contribution in [-0.2, 0) is 0 Å². The van der Waals surface area contributed by atoms with Gasteiger partial charge in [-0.3, -0.25) is 0 Å². The SMILES string of the molecule is COc1ccc(-c2[c]ccc3c2OCO3)cc1OC. The van der Waals surface area contributed by atoms with E-state index in [1.54, 1.807) is 14.2 Å². The average molecular weight is 257 g/mol. The van der Waals surface area contributed by atoms with E-state index in [9.17, 15) is 0 Å². The molecule has 0 atom stereocenters. The summed E-state index contributed by atoms with van der Waals surface area (Å²) in [4.78, 5) is 0. The van der Waals surface area contributed by atoms with Crippen LogP contribution in [0.25, 0.3) is 11.1 Å². The Bertz CT molecular complexity index is 607. The molecule has 1 radical (unpaired) electrons. The van der Waals surface area contributed by atoms with E-state index in [4.69, 9.17) is 18.9 Å². The van der Waals surface area contributed by atoms with Crippen LogP contribution in [0.4, 0.5) is 0 Å². The van der Waals surface area contributed by atoms with Crippen LogP contribution >= 0.6 is 0 Å². The molecule has 0 fully saturated rings. The van der Waals surface area contributed by atoms with Crippen LogP contribution in [0.3, 0.4) is 0 Å². The first-order valence-electron chi connectivity index (χ1n) is 5.86. The Hall–Kier alpha value is -2.36. The van der Waals surface area contributed by atoms with Gasteiger partial charge in [0.25, 0.3) is 0 Å². The summed E-state index contributed by atoms with van der Waals surface area (Å²) >= 11 is 0. The topological polar surface area (TPSA) is 36.9 Å². The number of ether oxygens (including phenoxy) is 4. The highest BCUT2D eigenvalue weighted by atomic mass is 16.7. The third-order valence-electron chi connectivity index (χ3n) is 3.00. The van der Waals surface area contributed by atoms with Crippen LogP contribution in [0.5, 0.6) is 23.0 Å². The van der Waals surface area contributed by atoms with E-state index in [-0.39, 0.29) is 6.79 Å². The molecule has 0 bridgehead atoms. The Kier molecular flexibility index (Phi) is 2.91. The molecule has 0 aromatic heterocycles. The zero-order chi connectivity index (χ0) is 13.2. The molecule has 0 N–H and O–H groups in total. The second-order valence-corrected chi connectivity index (χ2v) is 4.02. The molecule has 0 unspecified atom stereocenters. The molecule has 0 aliphatic carbocycles. The molecular formula is C15H13O4. The van der Waals surface area contributed by atoms with Crippen molar-refractivity contribution < 1.29 is 18.9 Å². The van der Waals surface area contributed by atoms with Gasteiger partial charge in [-0.25, -0.2) is 0 Å². The van der Waals surface area contributed by atoms with Crippen molar-refractivity contribution in [2.75, 3.05) is 21.0 Å². The number of hydrogen-bond acceptors (Lipinski definition) is 4. The molecule has 0 saturated carbocycles. The molecule has 2 aromatic carbocycles. The fraction of sp³-hybridized carbons (Fsp3) is 0.200. The smallest absolute Gasteiger partial charge is 0.231 e. The standard InChI is InChI=1S/C15H13O4/c1-16-12-7-6-10(8-14(12)17-2)11-4-3-5-13-15(11)19-9-18-13/h3,5-8H,9H2,1-2H3. The van der Waals surface area contributed by atoms with Crippen LogP contribution < -0.4 is 18.9 Å². The number of fused-ring (bicyclic) bond motifs is 1. The third-order valence-corrected chi connectivity index (χ3v) is 3.00. The molecule has 97 valence electrons. The van der Waals surface area contributed by atoms with Crippen molar-refractivity contribution in [1.29, 1.82) is 0 Å². The van der Waals surface area contributed by atoms with Crippen molar-refractivity contribution in [2.24, 2.45) is 0 Å². The molecule has 1 heterocycles. The van der Waals surface area contributed by atoms with Crippen LogP contribution in [-0.4, -0.2) is 21.0 Å². The van der Waals surface area contributed by atoms with E-state index < -0.39 is 0 Å². The number of hydrogen-bond donors (Lipinski definition) is 0. The van der Waals surface area contributed by atoms with E-state index in [0.717, 1.165) is 22.6 Å². The summed E-state index contributed by atoms with van der Waals surface area (Å²) in [5.74, 6) is 2.82. The molecule has 4 heteroatoms. The largest absolute Gasteiger partial charge is 0.493 e. The molecule has 19 heavy (non-hydrogen) atoms. The van der Waals surface area contributed by atoms with Gasteiger partial charge < -0.3 is 18.9 Å². The second kappa shape index (κ2) is 4.72. The zero-order valence-corrected chi connectivity index (χ0v) is 10.7. The van der Waals surface area contributed by atoms with Gasteiger partial charge >= 0.3 is 0 Å². The molecule has 4 nitrogen and oxygen atoms in total. The predicted octanol–water partition coefficient (Wildman–Crippen LogP) is 2.90. The lowest BCUT2D eigenvalue weighted by atomic mass is 10.0. The van der Waals surface area contributed by atoms with Crippen LogP contribution in [0.2, 0.25) is 0 Å². The fourth-order valence-corrected chi connectivity index (χ4v) is 2.08. The third kappa shape index (κ3) is 1.95. The quantitative estimate of drug-likeness (QED) is 0.847. The first-order chi connectivity index (χ1) is 9.33. The molecule has 0 spiro atoms. The van der Waals surface area contributed by atoms with Crippen LogP contribution in [0, 0.1) is 6.07 Å². The number of rotatable bonds is 3. The molecular weight excluding hydrogens is 244 g/mol.